The third-order valence-corrected chi connectivity index (χ3v) is 4.56. The smallest absolute Gasteiger partial charge is 0.419 e. The lowest BCUT2D eigenvalue weighted by molar-refractivity contribution is -0.138. The zero-order valence-electron chi connectivity index (χ0n) is 19.3. The number of hydrogen-bond acceptors (Lipinski definition) is 5. The Hall–Kier alpha value is -3.77. The van der Waals surface area contributed by atoms with Gasteiger partial charge in [0.15, 0.2) is 0 Å². The number of hydrogen-bond donors (Lipinski definition) is 1. The van der Waals surface area contributed by atoms with Crippen LogP contribution in [0, 0.1) is 11.6 Å². The summed E-state index contributed by atoms with van der Waals surface area (Å²) in [6.45, 7) is 3.55. The van der Waals surface area contributed by atoms with Gasteiger partial charge in [-0.25, -0.2) is 18.7 Å². The number of nitrogens with zero attached hydrogens (tertiary/aromatic N) is 4. The van der Waals surface area contributed by atoms with Gasteiger partial charge in [-0.05, 0) is 23.8 Å². The predicted octanol–water partition coefficient (Wildman–Crippen LogP) is 6.11. The molecule has 0 amide bonds. The number of nitrogens with one attached hydrogen (secondary N) is 1. The van der Waals surface area contributed by atoms with Gasteiger partial charge < -0.3 is 10.1 Å². The molecule has 0 fully saturated rings. The number of rotatable bonds is 8. The molecule has 1 aromatic carbocycles. The molecule has 0 aliphatic heterocycles. The third kappa shape index (κ3) is 7.12. The van der Waals surface area contributed by atoms with E-state index in [2.05, 4.69) is 25.3 Å². The van der Waals surface area contributed by atoms with Crippen LogP contribution in [0.3, 0.4) is 0 Å². The molecule has 3 aromatic rings. The molecule has 0 spiro atoms. The maximum Gasteiger partial charge on any atom is 0.419 e. The van der Waals surface area contributed by atoms with E-state index in [1.807, 2.05) is 13.8 Å². The van der Waals surface area contributed by atoms with Crippen LogP contribution in [0.2, 0.25) is 0 Å². The zero-order valence-corrected chi connectivity index (χ0v) is 19.3. The van der Waals surface area contributed by atoms with Crippen molar-refractivity contribution < 1.29 is 35.5 Å². The zero-order chi connectivity index (χ0) is 26.9. The van der Waals surface area contributed by atoms with Gasteiger partial charge in [0, 0.05) is 32.1 Å². The van der Waals surface area contributed by atoms with Crippen molar-refractivity contribution in [2.45, 2.75) is 31.9 Å². The fraction of sp³-hybridized carbons (Fsp3) is 0.304. The van der Waals surface area contributed by atoms with Crippen LogP contribution >= 0.6 is 0 Å². The lowest BCUT2D eigenvalue weighted by Crippen LogP contribution is -2.34. The molecular formula is C23H22F7N5O. The summed E-state index contributed by atoms with van der Waals surface area (Å²) in [5, 5.41) is 2.53. The highest BCUT2D eigenvalue weighted by atomic mass is 19.4. The van der Waals surface area contributed by atoms with Gasteiger partial charge in [0.25, 0.3) is 5.92 Å². The van der Waals surface area contributed by atoms with Crippen molar-refractivity contribution in [3.05, 3.63) is 77.4 Å². The minimum atomic E-state index is -4.63. The van der Waals surface area contributed by atoms with Crippen LogP contribution in [0.25, 0.3) is 0 Å². The summed E-state index contributed by atoms with van der Waals surface area (Å²) < 4.78 is 101. The van der Waals surface area contributed by atoms with Gasteiger partial charge in [-0.15, -0.1) is 0 Å². The Kier molecular flexibility index (Phi) is 9.70. The molecule has 36 heavy (non-hydrogen) atoms. The van der Waals surface area contributed by atoms with Gasteiger partial charge in [-0.1, -0.05) is 19.9 Å². The van der Waals surface area contributed by atoms with Gasteiger partial charge in [-0.2, -0.15) is 22.0 Å². The molecule has 6 nitrogen and oxygen atoms in total. The first-order valence-corrected chi connectivity index (χ1v) is 10.5. The fourth-order valence-corrected chi connectivity index (χ4v) is 2.92. The Bertz CT molecular complexity index is 1140. The number of halogens is 7. The molecule has 0 bridgehead atoms. The molecule has 1 N–H and O–H groups in total. The average molecular weight is 517 g/mol. The van der Waals surface area contributed by atoms with E-state index in [0.717, 1.165) is 36.8 Å². The number of benzene rings is 1. The van der Waals surface area contributed by atoms with Crippen molar-refractivity contribution in [3.63, 3.8) is 0 Å². The standard InChI is InChI=1S/C21H16F7N5O.C2H6/c1-29-11-30-10-16(15-4-2-13(22)6-17(15)23)20(24,25)18-5-3-14(9-31-18)34-19-32-7-12(8-33-19)21(26,27)28;1-2/h2-9,11,16H,10H2,1H3,(H,29,30);1-2H3. The van der Waals surface area contributed by atoms with E-state index in [4.69, 9.17) is 4.74 Å². The van der Waals surface area contributed by atoms with Crippen molar-refractivity contribution >= 4 is 6.34 Å². The van der Waals surface area contributed by atoms with Crippen LogP contribution in [-0.2, 0) is 12.1 Å². The largest absolute Gasteiger partial charge is 0.423 e. The second-order valence-corrected chi connectivity index (χ2v) is 6.87. The van der Waals surface area contributed by atoms with E-state index in [1.165, 1.54) is 7.05 Å². The SMILES string of the molecule is CC.CN=CNCC(c1ccc(F)cc1F)C(F)(F)c1ccc(Oc2ncc(C(F)(F)F)cn2)cn1. The Morgan fingerprint density at radius 1 is 0.972 bits per heavy atom. The van der Waals surface area contributed by atoms with Crippen LogP contribution in [0.1, 0.15) is 36.6 Å². The second-order valence-electron chi connectivity index (χ2n) is 6.87. The highest BCUT2D eigenvalue weighted by molar-refractivity contribution is 5.54. The molecule has 3 rings (SSSR count). The van der Waals surface area contributed by atoms with Crippen LogP contribution in [-0.4, -0.2) is 34.9 Å². The molecule has 0 radical (unpaired) electrons. The topological polar surface area (TPSA) is 72.3 Å². The number of pyridine rings is 1. The van der Waals surface area contributed by atoms with Crippen LogP contribution in [0.4, 0.5) is 30.7 Å². The maximum absolute atomic E-state index is 15.3. The lowest BCUT2D eigenvalue weighted by Gasteiger charge is -2.27. The van der Waals surface area contributed by atoms with Gasteiger partial charge in [0.05, 0.1) is 24.0 Å². The van der Waals surface area contributed by atoms with Crippen molar-refractivity contribution in [2.75, 3.05) is 13.6 Å². The van der Waals surface area contributed by atoms with E-state index in [0.29, 0.717) is 18.5 Å². The molecule has 0 saturated carbocycles. The summed E-state index contributed by atoms with van der Waals surface area (Å²) in [5.41, 5.74) is -2.28. The average Bonchev–Trinajstić information content (AvgIpc) is 2.84. The lowest BCUT2D eigenvalue weighted by atomic mass is 9.89. The Balaban J connectivity index is 0.00000222. The molecule has 0 saturated heterocycles. The van der Waals surface area contributed by atoms with Crippen molar-refractivity contribution in [1.82, 2.24) is 20.3 Å². The van der Waals surface area contributed by atoms with Crippen molar-refractivity contribution in [1.29, 1.82) is 0 Å². The second kappa shape index (κ2) is 12.3. The number of ether oxygens (including phenoxy) is 1. The van der Waals surface area contributed by atoms with E-state index < -0.39 is 59.0 Å². The van der Waals surface area contributed by atoms with Gasteiger partial charge in [0.2, 0.25) is 0 Å². The Labute approximate surface area is 202 Å². The van der Waals surface area contributed by atoms with Gasteiger partial charge >= 0.3 is 12.2 Å². The van der Waals surface area contributed by atoms with E-state index in [-0.39, 0.29) is 5.75 Å². The number of aromatic nitrogens is 3. The summed E-state index contributed by atoms with van der Waals surface area (Å²) in [6, 6.07) is 3.82. The summed E-state index contributed by atoms with van der Waals surface area (Å²) in [6.07, 6.45) is -1.58. The van der Waals surface area contributed by atoms with Crippen molar-refractivity contribution in [2.24, 2.45) is 4.99 Å². The third-order valence-electron chi connectivity index (χ3n) is 4.56. The molecule has 2 aromatic heterocycles. The summed E-state index contributed by atoms with van der Waals surface area (Å²) in [5.74, 6) is -7.71. The quantitative estimate of drug-likeness (QED) is 0.222. The first-order valence-electron chi connectivity index (χ1n) is 10.5. The van der Waals surface area contributed by atoms with E-state index in [1.54, 1.807) is 0 Å². The van der Waals surface area contributed by atoms with E-state index in [9.17, 15) is 22.0 Å². The summed E-state index contributed by atoms with van der Waals surface area (Å²) in [7, 11) is 1.40. The molecule has 2 heterocycles. The summed E-state index contributed by atoms with van der Waals surface area (Å²) in [4.78, 5) is 14.1. The Morgan fingerprint density at radius 3 is 2.17 bits per heavy atom. The van der Waals surface area contributed by atoms with Crippen LogP contribution in [0.5, 0.6) is 11.8 Å². The minimum absolute atomic E-state index is 0.125. The van der Waals surface area contributed by atoms with Gasteiger partial charge in [-0.3, -0.25) is 9.98 Å². The van der Waals surface area contributed by atoms with Crippen molar-refractivity contribution in [3.8, 4) is 11.8 Å². The normalized spacial score (nSPS) is 12.6. The highest BCUT2D eigenvalue weighted by Gasteiger charge is 2.44. The van der Waals surface area contributed by atoms with Crippen LogP contribution < -0.4 is 10.1 Å². The maximum atomic E-state index is 15.3. The highest BCUT2D eigenvalue weighted by Crippen LogP contribution is 2.42. The van der Waals surface area contributed by atoms with Crippen LogP contribution in [0.15, 0.2) is 53.9 Å². The predicted molar refractivity (Wildman–Crippen MR) is 118 cm³/mol. The van der Waals surface area contributed by atoms with Gasteiger partial charge in [0.1, 0.15) is 23.1 Å². The molecular weight excluding hydrogens is 495 g/mol. The molecule has 0 aliphatic rings. The molecule has 1 unspecified atom stereocenters. The number of alkyl halides is 5. The first-order chi connectivity index (χ1) is 17.0. The number of aliphatic imine (C=N–C) groups is 1. The molecule has 1 atom stereocenters. The molecule has 0 aliphatic carbocycles. The minimum Gasteiger partial charge on any atom is -0.423 e. The Morgan fingerprint density at radius 2 is 1.64 bits per heavy atom. The monoisotopic (exact) mass is 517 g/mol. The molecule has 194 valence electrons. The van der Waals surface area contributed by atoms with E-state index >= 15 is 8.78 Å². The fourth-order valence-electron chi connectivity index (χ4n) is 2.92. The first kappa shape index (κ1) is 28.5. The summed E-state index contributed by atoms with van der Waals surface area (Å²) >= 11 is 0. The molecule has 13 heteroatoms.